The summed E-state index contributed by atoms with van der Waals surface area (Å²) in [6.07, 6.45) is 3.28. The van der Waals surface area contributed by atoms with E-state index in [0.717, 1.165) is 5.56 Å². The molecule has 0 radical (unpaired) electrons. The van der Waals surface area contributed by atoms with Crippen molar-refractivity contribution in [3.63, 3.8) is 0 Å². The summed E-state index contributed by atoms with van der Waals surface area (Å²) in [6.45, 7) is 9.53. The highest BCUT2D eigenvalue weighted by atomic mass is 16.1. The van der Waals surface area contributed by atoms with Crippen molar-refractivity contribution in [1.82, 2.24) is 19.3 Å². The van der Waals surface area contributed by atoms with Gasteiger partial charge in [0, 0.05) is 18.8 Å². The van der Waals surface area contributed by atoms with Gasteiger partial charge in [-0.1, -0.05) is 12.1 Å². The fourth-order valence-electron chi connectivity index (χ4n) is 2.94. The van der Waals surface area contributed by atoms with E-state index in [9.17, 15) is 9.59 Å². The van der Waals surface area contributed by atoms with Crippen LogP contribution in [0.2, 0.25) is 0 Å². The van der Waals surface area contributed by atoms with E-state index in [1.54, 1.807) is 22.9 Å². The summed E-state index contributed by atoms with van der Waals surface area (Å²) < 4.78 is 3.08. The number of amides is 1. The van der Waals surface area contributed by atoms with Crippen LogP contribution < -0.4 is 16.4 Å². The van der Waals surface area contributed by atoms with Crippen LogP contribution in [0.15, 0.2) is 41.8 Å². The Morgan fingerprint density at radius 3 is 2.81 bits per heavy atom. The highest BCUT2D eigenvalue weighted by Crippen LogP contribution is 2.14. The normalized spacial score (nSPS) is 11.2. The molecule has 3 aromatic heterocycles. The number of aromatic nitrogens is 3. The third-order valence-corrected chi connectivity index (χ3v) is 4.17. The molecule has 0 aliphatic carbocycles. The van der Waals surface area contributed by atoms with Crippen molar-refractivity contribution >= 4 is 22.6 Å². The van der Waals surface area contributed by atoms with Gasteiger partial charge in [-0.25, -0.2) is 4.98 Å². The molecular weight excluding hydrogens is 330 g/mol. The molecule has 0 aliphatic rings. The summed E-state index contributed by atoms with van der Waals surface area (Å²) in [6, 6.07) is 4.97. The van der Waals surface area contributed by atoms with Gasteiger partial charge < -0.3 is 9.88 Å². The fourth-order valence-corrected chi connectivity index (χ4v) is 2.94. The van der Waals surface area contributed by atoms with Gasteiger partial charge in [-0.3, -0.25) is 19.4 Å². The molecule has 3 heterocycles. The lowest BCUT2D eigenvalue weighted by molar-refractivity contribution is 0.0955. The molecule has 0 fully saturated rings. The Kier molecular flexibility index (Phi) is 4.46. The van der Waals surface area contributed by atoms with Gasteiger partial charge in [-0.15, -0.1) is 6.58 Å². The second-order valence-corrected chi connectivity index (χ2v) is 6.46. The van der Waals surface area contributed by atoms with Crippen LogP contribution in [0.1, 0.15) is 35.8 Å². The van der Waals surface area contributed by atoms with Crippen molar-refractivity contribution in [1.29, 1.82) is 5.41 Å². The third-order valence-electron chi connectivity index (χ3n) is 4.17. The van der Waals surface area contributed by atoms with Crippen LogP contribution in [-0.4, -0.2) is 26.4 Å². The van der Waals surface area contributed by atoms with Crippen molar-refractivity contribution in [3.8, 4) is 0 Å². The number of pyridine rings is 2. The van der Waals surface area contributed by atoms with E-state index in [1.807, 2.05) is 26.8 Å². The maximum atomic E-state index is 13.0. The van der Waals surface area contributed by atoms with Gasteiger partial charge in [0.25, 0.3) is 11.5 Å². The SMILES string of the molecule is C=CCNC(=O)c1cc2c(=O)n3cc(C)ccc3nc2n(C(C)C)c1=N. The number of nitrogens with one attached hydrogen (secondary N) is 2. The standard InChI is InChI=1S/C19H21N5O2/c1-5-8-21-18(25)13-9-14-17(24(11(2)3)16(13)20)22-15-7-6-12(4)10-23(15)19(14)26/h5-7,9-11,20H,1,8H2,2-4H3,(H,21,25). The molecule has 7 nitrogen and oxygen atoms in total. The first-order valence-corrected chi connectivity index (χ1v) is 8.37. The number of hydrogen-bond acceptors (Lipinski definition) is 4. The first-order valence-electron chi connectivity index (χ1n) is 8.37. The maximum Gasteiger partial charge on any atom is 0.267 e. The number of hydrogen-bond donors (Lipinski definition) is 2. The van der Waals surface area contributed by atoms with E-state index in [-0.39, 0.29) is 29.2 Å². The lowest BCUT2D eigenvalue weighted by atomic mass is 10.1. The van der Waals surface area contributed by atoms with Gasteiger partial charge in [-0.05, 0) is 38.5 Å². The second-order valence-electron chi connectivity index (χ2n) is 6.46. The van der Waals surface area contributed by atoms with Gasteiger partial charge in [-0.2, -0.15) is 0 Å². The Labute approximate surface area is 150 Å². The van der Waals surface area contributed by atoms with Crippen LogP contribution in [-0.2, 0) is 0 Å². The van der Waals surface area contributed by atoms with Gasteiger partial charge in [0.2, 0.25) is 0 Å². The van der Waals surface area contributed by atoms with Crippen LogP contribution in [0.25, 0.3) is 16.7 Å². The lowest BCUT2D eigenvalue weighted by Gasteiger charge is -2.17. The van der Waals surface area contributed by atoms with Gasteiger partial charge in [0.1, 0.15) is 16.8 Å². The zero-order valence-corrected chi connectivity index (χ0v) is 15.0. The van der Waals surface area contributed by atoms with E-state index >= 15 is 0 Å². The molecule has 0 aliphatic heterocycles. The topological polar surface area (TPSA) is 92.2 Å². The monoisotopic (exact) mass is 351 g/mol. The van der Waals surface area contributed by atoms with E-state index in [2.05, 4.69) is 16.9 Å². The van der Waals surface area contributed by atoms with Gasteiger partial charge in [0.05, 0.1) is 10.9 Å². The number of carbonyl (C=O) groups is 1. The summed E-state index contributed by atoms with van der Waals surface area (Å²) in [5, 5.41) is 11.4. The van der Waals surface area contributed by atoms with Crippen molar-refractivity contribution in [2.45, 2.75) is 26.8 Å². The summed E-state index contributed by atoms with van der Waals surface area (Å²) >= 11 is 0. The number of carbonyl (C=O) groups excluding carboxylic acids is 1. The van der Waals surface area contributed by atoms with Crippen molar-refractivity contribution < 1.29 is 4.79 Å². The molecule has 26 heavy (non-hydrogen) atoms. The maximum absolute atomic E-state index is 13.0. The van der Waals surface area contributed by atoms with Crippen molar-refractivity contribution in [2.24, 2.45) is 0 Å². The second kappa shape index (κ2) is 6.59. The Bertz CT molecular complexity index is 1150. The lowest BCUT2D eigenvalue weighted by Crippen LogP contribution is -2.35. The molecule has 134 valence electrons. The molecule has 1 amide bonds. The van der Waals surface area contributed by atoms with Gasteiger partial charge in [0.15, 0.2) is 0 Å². The average Bonchev–Trinajstić information content (AvgIpc) is 2.59. The predicted molar refractivity (Wildman–Crippen MR) is 100 cm³/mol. The molecule has 0 bridgehead atoms. The molecule has 7 heteroatoms. The highest BCUT2D eigenvalue weighted by Gasteiger charge is 2.18. The minimum atomic E-state index is -0.417. The minimum Gasteiger partial charge on any atom is -0.348 e. The Morgan fingerprint density at radius 2 is 2.15 bits per heavy atom. The molecule has 0 spiro atoms. The minimum absolute atomic E-state index is 0.0254. The Morgan fingerprint density at radius 1 is 1.42 bits per heavy atom. The van der Waals surface area contributed by atoms with Crippen LogP contribution in [0, 0.1) is 12.3 Å². The molecule has 0 aromatic carbocycles. The summed E-state index contributed by atoms with van der Waals surface area (Å²) in [5.74, 6) is -0.417. The summed E-state index contributed by atoms with van der Waals surface area (Å²) in [5.41, 5.74) is 1.74. The molecule has 0 unspecified atom stereocenters. The zero-order chi connectivity index (χ0) is 19.0. The first-order chi connectivity index (χ1) is 12.3. The van der Waals surface area contributed by atoms with Crippen LogP contribution >= 0.6 is 0 Å². The fraction of sp³-hybridized carbons (Fsp3) is 0.263. The van der Waals surface area contributed by atoms with E-state index < -0.39 is 5.91 Å². The average molecular weight is 351 g/mol. The number of nitrogens with zero attached hydrogens (tertiary/aromatic N) is 3. The first kappa shape index (κ1) is 17.6. The molecule has 2 N–H and O–H groups in total. The molecular formula is C19H21N5O2. The largest absolute Gasteiger partial charge is 0.348 e. The van der Waals surface area contributed by atoms with Crippen molar-refractivity contribution in [3.05, 3.63) is 64.0 Å². The summed E-state index contributed by atoms with van der Waals surface area (Å²) in [7, 11) is 0. The van der Waals surface area contributed by atoms with E-state index in [0.29, 0.717) is 16.7 Å². The molecule has 0 atom stereocenters. The van der Waals surface area contributed by atoms with Crippen molar-refractivity contribution in [2.75, 3.05) is 6.54 Å². The third kappa shape index (κ3) is 2.81. The summed E-state index contributed by atoms with van der Waals surface area (Å²) in [4.78, 5) is 30.0. The zero-order valence-electron chi connectivity index (χ0n) is 15.0. The number of aryl methyl sites for hydroxylation is 1. The molecule has 3 rings (SSSR count). The molecule has 0 saturated carbocycles. The predicted octanol–water partition coefficient (Wildman–Crippen LogP) is 1.93. The number of rotatable bonds is 4. The molecule has 0 saturated heterocycles. The Hall–Kier alpha value is -3.22. The Balaban J connectivity index is 2.44. The quantitative estimate of drug-likeness (QED) is 0.556. The molecule has 3 aromatic rings. The number of fused-ring (bicyclic) bond motifs is 2. The van der Waals surface area contributed by atoms with E-state index in [4.69, 9.17) is 5.41 Å². The smallest absolute Gasteiger partial charge is 0.267 e. The highest BCUT2D eigenvalue weighted by molar-refractivity contribution is 5.96. The van der Waals surface area contributed by atoms with Crippen LogP contribution in [0.4, 0.5) is 0 Å². The van der Waals surface area contributed by atoms with Crippen LogP contribution in [0.5, 0.6) is 0 Å². The van der Waals surface area contributed by atoms with Crippen LogP contribution in [0.3, 0.4) is 0 Å². The van der Waals surface area contributed by atoms with Gasteiger partial charge >= 0.3 is 0 Å². The van der Waals surface area contributed by atoms with E-state index in [1.165, 1.54) is 10.5 Å².